The van der Waals surface area contributed by atoms with Crippen LogP contribution in [0.2, 0.25) is 0 Å². The van der Waals surface area contributed by atoms with Crippen LogP contribution in [0.25, 0.3) is 10.9 Å². The van der Waals surface area contributed by atoms with Crippen LogP contribution in [-0.4, -0.2) is 35.8 Å². The Bertz CT molecular complexity index is 995. The highest BCUT2D eigenvalue weighted by atomic mass is 16.4. The summed E-state index contributed by atoms with van der Waals surface area (Å²) in [5, 5.41) is 3.90. The molecule has 2 heterocycles. The number of carbonyl (C=O) groups excluding carboxylic acids is 2. The zero-order chi connectivity index (χ0) is 19.0. The fourth-order valence-electron chi connectivity index (χ4n) is 3.07. The SMILES string of the molecule is Cc1cc(C)c2[nH]c(C(=O)NCc3ccc(C(=O)N(C)C)o3)c(C)c2c1. The lowest BCUT2D eigenvalue weighted by atomic mass is 10.1. The molecule has 0 fully saturated rings. The maximum absolute atomic E-state index is 12.6. The summed E-state index contributed by atoms with van der Waals surface area (Å²) in [6, 6.07) is 7.48. The minimum atomic E-state index is -0.208. The zero-order valence-corrected chi connectivity index (χ0v) is 15.7. The van der Waals surface area contributed by atoms with Crippen LogP contribution in [0, 0.1) is 20.8 Å². The Morgan fingerprint density at radius 3 is 2.58 bits per heavy atom. The van der Waals surface area contributed by atoms with Crippen LogP contribution in [0.5, 0.6) is 0 Å². The monoisotopic (exact) mass is 353 g/mol. The fraction of sp³-hybridized carbons (Fsp3) is 0.300. The van der Waals surface area contributed by atoms with Gasteiger partial charge < -0.3 is 19.6 Å². The molecule has 3 aromatic rings. The number of fused-ring (bicyclic) bond motifs is 1. The van der Waals surface area contributed by atoms with Crippen molar-refractivity contribution in [3.63, 3.8) is 0 Å². The van der Waals surface area contributed by atoms with Gasteiger partial charge in [0.2, 0.25) is 0 Å². The fourth-order valence-corrected chi connectivity index (χ4v) is 3.07. The van der Waals surface area contributed by atoms with Crippen LogP contribution in [0.3, 0.4) is 0 Å². The Kier molecular flexibility index (Phi) is 4.59. The molecule has 0 aliphatic heterocycles. The maximum atomic E-state index is 12.6. The zero-order valence-electron chi connectivity index (χ0n) is 15.7. The summed E-state index contributed by atoms with van der Waals surface area (Å²) in [6.45, 7) is 6.22. The van der Waals surface area contributed by atoms with Crippen LogP contribution < -0.4 is 5.32 Å². The third kappa shape index (κ3) is 3.22. The molecule has 0 bridgehead atoms. The highest BCUT2D eigenvalue weighted by Crippen LogP contribution is 2.26. The standard InChI is InChI=1S/C20H23N3O3/c1-11-8-12(2)17-15(9-11)13(3)18(22-17)19(24)21-10-14-6-7-16(26-14)20(25)23(4)5/h6-9,22H,10H2,1-5H3,(H,21,24). The second kappa shape index (κ2) is 6.71. The average molecular weight is 353 g/mol. The van der Waals surface area contributed by atoms with E-state index in [1.807, 2.05) is 20.8 Å². The second-order valence-electron chi connectivity index (χ2n) is 6.78. The van der Waals surface area contributed by atoms with Crippen molar-refractivity contribution >= 4 is 22.7 Å². The topological polar surface area (TPSA) is 78.3 Å². The minimum absolute atomic E-state index is 0.201. The molecule has 2 amide bonds. The molecule has 0 atom stereocenters. The number of H-pyrrole nitrogens is 1. The maximum Gasteiger partial charge on any atom is 0.289 e. The van der Waals surface area contributed by atoms with Gasteiger partial charge in [-0.1, -0.05) is 11.6 Å². The van der Waals surface area contributed by atoms with Gasteiger partial charge in [0, 0.05) is 25.0 Å². The number of hydrogen-bond donors (Lipinski definition) is 2. The number of carbonyl (C=O) groups is 2. The molecule has 0 saturated heterocycles. The van der Waals surface area contributed by atoms with E-state index in [9.17, 15) is 9.59 Å². The average Bonchev–Trinajstić information content (AvgIpc) is 3.18. The summed E-state index contributed by atoms with van der Waals surface area (Å²) < 4.78 is 5.50. The number of aromatic amines is 1. The van der Waals surface area contributed by atoms with Crippen molar-refractivity contribution in [1.82, 2.24) is 15.2 Å². The Hall–Kier alpha value is -3.02. The molecule has 0 aliphatic rings. The van der Waals surface area contributed by atoms with Crippen LogP contribution >= 0.6 is 0 Å². The number of aryl methyl sites for hydroxylation is 3. The van der Waals surface area contributed by atoms with Crippen molar-refractivity contribution in [2.45, 2.75) is 27.3 Å². The largest absolute Gasteiger partial charge is 0.454 e. The van der Waals surface area contributed by atoms with Crippen LogP contribution in [0.4, 0.5) is 0 Å². The van der Waals surface area contributed by atoms with Crippen LogP contribution in [0.15, 0.2) is 28.7 Å². The van der Waals surface area contributed by atoms with Gasteiger partial charge in [0.15, 0.2) is 5.76 Å². The van der Waals surface area contributed by atoms with E-state index in [-0.39, 0.29) is 24.1 Å². The van der Waals surface area contributed by atoms with Gasteiger partial charge in [0.1, 0.15) is 11.5 Å². The third-order valence-corrected chi connectivity index (χ3v) is 4.44. The van der Waals surface area contributed by atoms with Crippen molar-refractivity contribution in [3.8, 4) is 0 Å². The summed E-state index contributed by atoms with van der Waals surface area (Å²) in [5.74, 6) is 0.379. The molecule has 2 N–H and O–H groups in total. The Labute approximate surface area is 152 Å². The first kappa shape index (κ1) is 17.8. The van der Waals surface area contributed by atoms with Crippen molar-refractivity contribution in [1.29, 1.82) is 0 Å². The molecule has 2 aromatic heterocycles. The van der Waals surface area contributed by atoms with Gasteiger partial charge >= 0.3 is 0 Å². The van der Waals surface area contributed by atoms with Gasteiger partial charge in [-0.3, -0.25) is 9.59 Å². The number of aromatic nitrogens is 1. The van der Waals surface area contributed by atoms with Crippen molar-refractivity contribution in [2.24, 2.45) is 0 Å². The van der Waals surface area contributed by atoms with E-state index in [1.165, 1.54) is 4.90 Å². The van der Waals surface area contributed by atoms with E-state index in [4.69, 9.17) is 4.42 Å². The normalized spacial score (nSPS) is 11.0. The first-order chi connectivity index (χ1) is 12.3. The molecule has 0 aliphatic carbocycles. The number of furan rings is 1. The lowest BCUT2D eigenvalue weighted by Gasteiger charge is -2.07. The summed E-state index contributed by atoms with van der Waals surface area (Å²) in [4.78, 5) is 29.1. The van der Waals surface area contributed by atoms with E-state index in [0.29, 0.717) is 11.5 Å². The van der Waals surface area contributed by atoms with Gasteiger partial charge in [0.25, 0.3) is 11.8 Å². The van der Waals surface area contributed by atoms with Gasteiger partial charge in [-0.05, 0) is 50.1 Å². The van der Waals surface area contributed by atoms with Crippen molar-refractivity contribution in [3.05, 3.63) is 58.2 Å². The molecule has 6 nitrogen and oxygen atoms in total. The highest BCUT2D eigenvalue weighted by Gasteiger charge is 2.17. The van der Waals surface area contributed by atoms with Crippen molar-refractivity contribution < 1.29 is 14.0 Å². The van der Waals surface area contributed by atoms with Crippen LogP contribution in [0.1, 0.15) is 43.5 Å². The van der Waals surface area contributed by atoms with Gasteiger partial charge in [0.05, 0.1) is 6.54 Å². The highest BCUT2D eigenvalue weighted by molar-refractivity contribution is 6.01. The molecule has 0 unspecified atom stereocenters. The van der Waals surface area contributed by atoms with Crippen molar-refractivity contribution in [2.75, 3.05) is 14.1 Å². The molecule has 6 heteroatoms. The number of rotatable bonds is 4. The van der Waals surface area contributed by atoms with E-state index < -0.39 is 0 Å². The van der Waals surface area contributed by atoms with Gasteiger partial charge in [-0.2, -0.15) is 0 Å². The molecule has 26 heavy (non-hydrogen) atoms. The lowest BCUT2D eigenvalue weighted by molar-refractivity contribution is 0.0794. The summed E-state index contributed by atoms with van der Waals surface area (Å²) in [5.41, 5.74) is 4.73. The molecular weight excluding hydrogens is 330 g/mol. The predicted octanol–water partition coefficient (Wildman–Crippen LogP) is 3.32. The summed E-state index contributed by atoms with van der Waals surface area (Å²) >= 11 is 0. The molecular formula is C20H23N3O3. The Morgan fingerprint density at radius 1 is 1.15 bits per heavy atom. The summed E-state index contributed by atoms with van der Waals surface area (Å²) in [6.07, 6.45) is 0. The number of nitrogens with zero attached hydrogens (tertiary/aromatic N) is 1. The Balaban J connectivity index is 1.77. The predicted molar refractivity (Wildman–Crippen MR) is 100 cm³/mol. The van der Waals surface area contributed by atoms with Gasteiger partial charge in [-0.15, -0.1) is 0 Å². The van der Waals surface area contributed by atoms with E-state index >= 15 is 0 Å². The van der Waals surface area contributed by atoms with Crippen LogP contribution in [-0.2, 0) is 6.54 Å². The molecule has 1 aromatic carbocycles. The Morgan fingerprint density at radius 2 is 1.88 bits per heavy atom. The number of nitrogens with one attached hydrogen (secondary N) is 2. The number of hydrogen-bond acceptors (Lipinski definition) is 3. The molecule has 3 rings (SSSR count). The lowest BCUT2D eigenvalue weighted by Crippen LogP contribution is -2.23. The number of amides is 2. The third-order valence-electron chi connectivity index (χ3n) is 4.44. The minimum Gasteiger partial charge on any atom is -0.454 e. The second-order valence-corrected chi connectivity index (χ2v) is 6.78. The quantitative estimate of drug-likeness (QED) is 0.755. The van der Waals surface area contributed by atoms with Gasteiger partial charge in [-0.25, -0.2) is 0 Å². The molecule has 0 spiro atoms. The smallest absolute Gasteiger partial charge is 0.289 e. The number of benzene rings is 1. The molecule has 136 valence electrons. The molecule has 0 saturated carbocycles. The summed E-state index contributed by atoms with van der Waals surface area (Å²) in [7, 11) is 3.32. The molecule has 0 radical (unpaired) electrons. The van der Waals surface area contributed by atoms with E-state index in [0.717, 1.165) is 27.6 Å². The first-order valence-electron chi connectivity index (χ1n) is 8.46. The van der Waals surface area contributed by atoms with E-state index in [1.54, 1.807) is 26.2 Å². The first-order valence-corrected chi connectivity index (χ1v) is 8.46. The van der Waals surface area contributed by atoms with E-state index in [2.05, 4.69) is 22.4 Å².